The van der Waals surface area contributed by atoms with Crippen LogP contribution in [0.2, 0.25) is 0 Å². The van der Waals surface area contributed by atoms with Gasteiger partial charge in [0.25, 0.3) is 5.69 Å². The van der Waals surface area contributed by atoms with Crippen LogP contribution in [0.3, 0.4) is 0 Å². The molecule has 1 unspecified atom stereocenters. The highest BCUT2D eigenvalue weighted by Crippen LogP contribution is 2.35. The molecule has 5 rings (SSSR count). The molecule has 2 N–H and O–H groups in total. The summed E-state index contributed by atoms with van der Waals surface area (Å²) in [6.45, 7) is 1.49. The first-order valence-electron chi connectivity index (χ1n) is 14.0. The number of hydrogen-bond donors (Lipinski definition) is 1. The molecule has 218 valence electrons. The maximum atomic E-state index is 13.5. The molecule has 0 aliphatic heterocycles. The van der Waals surface area contributed by atoms with Crippen LogP contribution in [0.15, 0.2) is 96.2 Å². The van der Waals surface area contributed by atoms with Crippen LogP contribution in [0.4, 0.5) is 5.69 Å². The van der Waals surface area contributed by atoms with Crippen molar-refractivity contribution in [2.45, 2.75) is 49.8 Å². The molecule has 0 radical (unpaired) electrons. The summed E-state index contributed by atoms with van der Waals surface area (Å²) in [5.74, 6) is 0. The lowest BCUT2D eigenvalue weighted by atomic mass is 9.90. The van der Waals surface area contributed by atoms with E-state index in [9.17, 15) is 18.5 Å². The molecule has 0 saturated heterocycles. The van der Waals surface area contributed by atoms with Crippen molar-refractivity contribution in [2.75, 3.05) is 13.1 Å². The van der Waals surface area contributed by atoms with Crippen molar-refractivity contribution >= 4 is 15.7 Å². The van der Waals surface area contributed by atoms with Crippen LogP contribution in [0.25, 0.3) is 0 Å². The number of nitrogens with zero attached hydrogens (tertiary/aromatic N) is 5. The summed E-state index contributed by atoms with van der Waals surface area (Å²) in [6.07, 6.45) is 6.79. The average Bonchev–Trinajstić information content (AvgIpc) is 3.01. The first-order valence-corrected chi connectivity index (χ1v) is 15.4. The number of para-hydroxylation sites is 1. The fraction of sp³-hybridized carbons (Fsp3) is 0.290. The van der Waals surface area contributed by atoms with Crippen molar-refractivity contribution in [3.8, 4) is 0 Å². The van der Waals surface area contributed by atoms with Crippen molar-refractivity contribution in [3.63, 3.8) is 0 Å². The molecule has 0 amide bonds. The zero-order chi connectivity index (χ0) is 29.5. The molecule has 0 saturated carbocycles. The second-order valence-corrected chi connectivity index (χ2v) is 12.3. The minimum atomic E-state index is -4.15. The quantitative estimate of drug-likeness (QED) is 0.188. The smallest absolute Gasteiger partial charge is 0.289 e. The molecule has 1 aliphatic rings. The van der Waals surface area contributed by atoms with Gasteiger partial charge in [0.05, 0.1) is 22.4 Å². The van der Waals surface area contributed by atoms with Crippen LogP contribution in [-0.4, -0.2) is 45.6 Å². The predicted molar refractivity (Wildman–Crippen MR) is 160 cm³/mol. The van der Waals surface area contributed by atoms with Gasteiger partial charge in [0.2, 0.25) is 10.0 Å². The van der Waals surface area contributed by atoms with Crippen LogP contribution in [0.1, 0.15) is 47.0 Å². The monoisotopic (exact) mass is 586 g/mol. The average molecular weight is 587 g/mol. The van der Waals surface area contributed by atoms with Gasteiger partial charge in [-0.25, -0.2) is 8.42 Å². The number of benzene rings is 2. The lowest BCUT2D eigenvalue weighted by Gasteiger charge is -2.35. The number of rotatable bonds is 12. The van der Waals surface area contributed by atoms with Crippen LogP contribution < -0.4 is 5.73 Å². The van der Waals surface area contributed by atoms with E-state index in [1.165, 1.54) is 34.1 Å². The molecule has 1 atom stereocenters. The van der Waals surface area contributed by atoms with E-state index in [2.05, 4.69) is 16.0 Å². The molecule has 10 nitrogen and oxygen atoms in total. The molecule has 0 bridgehead atoms. The van der Waals surface area contributed by atoms with E-state index in [4.69, 9.17) is 10.7 Å². The summed E-state index contributed by atoms with van der Waals surface area (Å²) >= 11 is 0. The van der Waals surface area contributed by atoms with E-state index in [1.54, 1.807) is 6.20 Å². The predicted octanol–water partition coefficient (Wildman–Crippen LogP) is 4.61. The minimum Gasteiger partial charge on any atom is -0.329 e. The van der Waals surface area contributed by atoms with Gasteiger partial charge in [0.15, 0.2) is 4.90 Å². The molecule has 2 heterocycles. The first-order chi connectivity index (χ1) is 20.4. The van der Waals surface area contributed by atoms with E-state index in [1.807, 2.05) is 54.7 Å². The lowest BCUT2D eigenvalue weighted by Crippen LogP contribution is -2.35. The molecular weight excluding hydrogens is 552 g/mol. The molecule has 2 aromatic carbocycles. The first kappa shape index (κ1) is 29.5. The highest BCUT2D eigenvalue weighted by Gasteiger charge is 2.31. The third-order valence-electron chi connectivity index (χ3n) is 7.52. The maximum absolute atomic E-state index is 13.5. The van der Waals surface area contributed by atoms with Gasteiger partial charge in [-0.15, -0.1) is 0 Å². The van der Waals surface area contributed by atoms with Crippen molar-refractivity contribution < 1.29 is 13.3 Å². The van der Waals surface area contributed by atoms with Gasteiger partial charge in [-0.05, 0) is 60.2 Å². The molecule has 42 heavy (non-hydrogen) atoms. The third kappa shape index (κ3) is 6.71. The number of nitro benzene ring substituents is 1. The normalized spacial score (nSPS) is 15.1. The number of aryl methyl sites for hydroxylation is 1. The minimum absolute atomic E-state index is 0.0298. The Labute approximate surface area is 246 Å². The Balaban J connectivity index is 1.37. The molecular formula is C31H34N6O4S. The zero-order valence-electron chi connectivity index (χ0n) is 23.2. The fourth-order valence-electron chi connectivity index (χ4n) is 5.50. The number of hydrogen-bond acceptors (Lipinski definition) is 8. The Morgan fingerprint density at radius 1 is 0.881 bits per heavy atom. The van der Waals surface area contributed by atoms with Gasteiger partial charge in [-0.1, -0.05) is 48.5 Å². The Kier molecular flexibility index (Phi) is 9.33. The summed E-state index contributed by atoms with van der Waals surface area (Å²) in [6, 6.07) is 23.4. The lowest BCUT2D eigenvalue weighted by molar-refractivity contribution is -0.387. The van der Waals surface area contributed by atoms with Crippen molar-refractivity contribution in [3.05, 3.63) is 129 Å². The summed E-state index contributed by atoms with van der Waals surface area (Å²) in [5, 5.41) is 11.5. The summed E-state index contributed by atoms with van der Waals surface area (Å²) in [5.41, 5.74) is 10.5. The third-order valence-corrected chi connectivity index (χ3v) is 9.42. The van der Waals surface area contributed by atoms with E-state index in [0.29, 0.717) is 13.1 Å². The van der Waals surface area contributed by atoms with Gasteiger partial charge >= 0.3 is 0 Å². The van der Waals surface area contributed by atoms with E-state index >= 15 is 0 Å². The number of sulfonamides is 1. The fourth-order valence-corrected chi connectivity index (χ4v) is 7.10. The van der Waals surface area contributed by atoms with Gasteiger partial charge < -0.3 is 5.73 Å². The Morgan fingerprint density at radius 2 is 1.60 bits per heavy atom. The second-order valence-electron chi connectivity index (χ2n) is 10.4. The molecule has 4 aromatic rings. The standard InChI is InChI=1S/C31H34N6O4S/c32-17-20-36(42(40,41)30-12-2-1-10-28(30)37(38)39)22-25-15-13-24(14-16-25)21-35(23-27-9-3-4-18-33-27)29-11-5-7-26-8-6-19-34-31(26)29/h1-4,6,8-10,12-16,18-19,29H,5,7,11,17,20-23,32H2. The molecule has 2 aromatic heterocycles. The number of fused-ring (bicyclic) bond motifs is 1. The summed E-state index contributed by atoms with van der Waals surface area (Å²) in [4.78, 5) is 22.2. The van der Waals surface area contributed by atoms with Crippen LogP contribution >= 0.6 is 0 Å². The highest BCUT2D eigenvalue weighted by atomic mass is 32.2. The zero-order valence-corrected chi connectivity index (χ0v) is 24.1. The van der Waals surface area contributed by atoms with Crippen molar-refractivity contribution in [2.24, 2.45) is 5.73 Å². The number of aromatic nitrogens is 2. The van der Waals surface area contributed by atoms with E-state index in [-0.39, 0.29) is 30.6 Å². The van der Waals surface area contributed by atoms with Crippen LogP contribution in [-0.2, 0) is 36.1 Å². The van der Waals surface area contributed by atoms with Crippen molar-refractivity contribution in [1.29, 1.82) is 0 Å². The number of pyridine rings is 2. The largest absolute Gasteiger partial charge is 0.329 e. The second kappa shape index (κ2) is 13.3. The molecule has 0 spiro atoms. The van der Waals surface area contributed by atoms with Crippen molar-refractivity contribution in [1.82, 2.24) is 19.2 Å². The number of nitro groups is 1. The Morgan fingerprint density at radius 3 is 2.31 bits per heavy atom. The van der Waals surface area contributed by atoms with E-state index < -0.39 is 20.6 Å². The molecule has 11 heteroatoms. The summed E-state index contributed by atoms with van der Waals surface area (Å²) < 4.78 is 28.1. The maximum Gasteiger partial charge on any atom is 0.289 e. The molecule has 1 aliphatic carbocycles. The molecule has 0 fully saturated rings. The van der Waals surface area contributed by atoms with Crippen LogP contribution in [0, 0.1) is 10.1 Å². The van der Waals surface area contributed by atoms with Gasteiger partial charge in [-0.3, -0.25) is 25.0 Å². The van der Waals surface area contributed by atoms with Crippen LogP contribution in [0.5, 0.6) is 0 Å². The highest BCUT2D eigenvalue weighted by molar-refractivity contribution is 7.89. The van der Waals surface area contributed by atoms with E-state index in [0.717, 1.165) is 41.8 Å². The van der Waals surface area contributed by atoms with Gasteiger partial charge in [0, 0.05) is 51.2 Å². The summed E-state index contributed by atoms with van der Waals surface area (Å²) in [7, 11) is -4.15. The van der Waals surface area contributed by atoms with Gasteiger partial charge in [-0.2, -0.15) is 4.31 Å². The Bertz CT molecular complexity index is 1620. The Hall–Kier alpha value is -4.03. The topological polar surface area (TPSA) is 136 Å². The van der Waals surface area contributed by atoms with Gasteiger partial charge in [0.1, 0.15) is 0 Å². The SMILES string of the molecule is NCCN(Cc1ccc(CN(Cc2ccccn2)C2CCCc3cccnc32)cc1)S(=O)(=O)c1ccccc1[N+](=O)[O-]. The number of nitrogens with two attached hydrogens (primary N) is 1.